The van der Waals surface area contributed by atoms with E-state index in [4.69, 9.17) is 11.6 Å². The van der Waals surface area contributed by atoms with Gasteiger partial charge in [-0.15, -0.1) is 0 Å². The molecule has 3 nitrogen and oxygen atoms in total. The first-order chi connectivity index (χ1) is 9.84. The highest BCUT2D eigenvalue weighted by atomic mass is 35.5. The monoisotopic (exact) mass is 285 g/mol. The van der Waals surface area contributed by atoms with Gasteiger partial charge in [0, 0.05) is 43.6 Å². The molecule has 0 aliphatic carbocycles. The van der Waals surface area contributed by atoms with E-state index in [1.165, 1.54) is 10.9 Å². The molecule has 0 spiro atoms. The lowest BCUT2D eigenvalue weighted by Gasteiger charge is -2.08. The maximum Gasteiger partial charge on any atom is 0.0670 e. The van der Waals surface area contributed by atoms with E-state index in [2.05, 4.69) is 39.3 Å². The van der Waals surface area contributed by atoms with Gasteiger partial charge in [0.05, 0.1) is 10.5 Å². The average Bonchev–Trinajstić information content (AvgIpc) is 2.89. The number of halogens is 1. The Kier molecular flexibility index (Phi) is 4.00. The molecular weight excluding hydrogens is 270 g/mol. The first-order valence-electron chi connectivity index (χ1n) is 6.67. The Bertz CT molecular complexity index is 691. The highest BCUT2D eigenvalue weighted by Gasteiger charge is 2.04. The lowest BCUT2D eigenvalue weighted by molar-refractivity contribution is 0.608. The second-order valence-electron chi connectivity index (χ2n) is 4.72. The summed E-state index contributed by atoms with van der Waals surface area (Å²) in [6, 6.07) is 12.1. The molecule has 0 bridgehead atoms. The number of nitrogens with zero attached hydrogens (tertiary/aromatic N) is 2. The standard InChI is InChI=1S/C16H16ClN3/c17-15-5-1-4-14-6-9-20(16(14)15)10-8-19-12-13-3-2-7-18-11-13/h1-7,9,11,19H,8,10,12H2. The molecule has 2 aromatic heterocycles. The fraction of sp³-hybridized carbons (Fsp3) is 0.188. The van der Waals surface area contributed by atoms with E-state index in [0.717, 1.165) is 30.2 Å². The molecule has 2 heterocycles. The van der Waals surface area contributed by atoms with Gasteiger partial charge in [-0.25, -0.2) is 0 Å². The van der Waals surface area contributed by atoms with Crippen LogP contribution in [0.3, 0.4) is 0 Å². The number of pyridine rings is 1. The first kappa shape index (κ1) is 13.2. The summed E-state index contributed by atoms with van der Waals surface area (Å²) in [4.78, 5) is 4.10. The fourth-order valence-corrected chi connectivity index (χ4v) is 2.63. The maximum atomic E-state index is 6.26. The van der Waals surface area contributed by atoms with E-state index in [0.29, 0.717) is 0 Å². The third kappa shape index (κ3) is 2.84. The van der Waals surface area contributed by atoms with E-state index in [1.54, 1.807) is 6.20 Å². The Balaban J connectivity index is 1.60. The Morgan fingerprint density at radius 3 is 2.95 bits per heavy atom. The van der Waals surface area contributed by atoms with E-state index >= 15 is 0 Å². The third-order valence-electron chi connectivity index (χ3n) is 3.32. The van der Waals surface area contributed by atoms with Crippen LogP contribution in [0.15, 0.2) is 55.0 Å². The second kappa shape index (κ2) is 6.07. The summed E-state index contributed by atoms with van der Waals surface area (Å²) in [6.45, 7) is 2.62. The number of hydrogen-bond acceptors (Lipinski definition) is 2. The molecule has 0 saturated heterocycles. The number of hydrogen-bond donors (Lipinski definition) is 1. The fourth-order valence-electron chi connectivity index (χ4n) is 2.34. The van der Waals surface area contributed by atoms with Gasteiger partial charge >= 0.3 is 0 Å². The Morgan fingerprint density at radius 2 is 2.10 bits per heavy atom. The molecule has 0 aliphatic rings. The molecule has 1 aromatic carbocycles. The molecule has 0 aliphatic heterocycles. The SMILES string of the molecule is Clc1cccc2ccn(CCNCc3cccnc3)c12. The van der Waals surface area contributed by atoms with E-state index in [1.807, 2.05) is 24.4 Å². The lowest BCUT2D eigenvalue weighted by Crippen LogP contribution is -2.19. The van der Waals surface area contributed by atoms with Crippen molar-refractivity contribution in [3.8, 4) is 0 Å². The Hall–Kier alpha value is -1.84. The van der Waals surface area contributed by atoms with Gasteiger partial charge in [0.25, 0.3) is 0 Å². The number of aromatic nitrogens is 2. The minimum Gasteiger partial charge on any atom is -0.345 e. The molecule has 0 amide bonds. The van der Waals surface area contributed by atoms with Gasteiger partial charge in [0.1, 0.15) is 0 Å². The average molecular weight is 286 g/mol. The smallest absolute Gasteiger partial charge is 0.0670 e. The molecule has 3 rings (SSSR count). The van der Waals surface area contributed by atoms with Gasteiger partial charge in [-0.3, -0.25) is 4.98 Å². The summed E-state index contributed by atoms with van der Waals surface area (Å²) in [7, 11) is 0. The van der Waals surface area contributed by atoms with Crippen LogP contribution in [0.25, 0.3) is 10.9 Å². The number of nitrogens with one attached hydrogen (secondary N) is 1. The van der Waals surface area contributed by atoms with Gasteiger partial charge in [-0.2, -0.15) is 0 Å². The molecule has 102 valence electrons. The largest absolute Gasteiger partial charge is 0.345 e. The van der Waals surface area contributed by atoms with Crippen molar-refractivity contribution in [2.75, 3.05) is 6.54 Å². The van der Waals surface area contributed by atoms with Gasteiger partial charge in [0.2, 0.25) is 0 Å². The molecule has 4 heteroatoms. The van der Waals surface area contributed by atoms with E-state index in [9.17, 15) is 0 Å². The quantitative estimate of drug-likeness (QED) is 0.728. The molecule has 0 radical (unpaired) electrons. The zero-order chi connectivity index (χ0) is 13.8. The molecule has 1 N–H and O–H groups in total. The van der Waals surface area contributed by atoms with Crippen LogP contribution in [-0.4, -0.2) is 16.1 Å². The molecule has 3 aromatic rings. The molecule has 0 fully saturated rings. The second-order valence-corrected chi connectivity index (χ2v) is 5.13. The minimum atomic E-state index is 0.805. The molecule has 20 heavy (non-hydrogen) atoms. The molecule has 0 saturated carbocycles. The Morgan fingerprint density at radius 1 is 1.15 bits per heavy atom. The predicted octanol–water partition coefficient (Wildman–Crippen LogP) is 3.48. The van der Waals surface area contributed by atoms with Crippen molar-refractivity contribution < 1.29 is 0 Å². The summed E-state index contributed by atoms with van der Waals surface area (Å²) in [5.74, 6) is 0. The van der Waals surface area contributed by atoms with Crippen LogP contribution < -0.4 is 5.32 Å². The third-order valence-corrected chi connectivity index (χ3v) is 3.63. The van der Waals surface area contributed by atoms with Crippen LogP contribution in [0.2, 0.25) is 5.02 Å². The van der Waals surface area contributed by atoms with Gasteiger partial charge in [-0.05, 0) is 23.8 Å². The summed E-state index contributed by atoms with van der Waals surface area (Å²) in [5.41, 5.74) is 2.31. The predicted molar refractivity (Wildman–Crippen MR) is 82.9 cm³/mol. The van der Waals surface area contributed by atoms with E-state index < -0.39 is 0 Å². The molecule has 0 atom stereocenters. The first-order valence-corrected chi connectivity index (χ1v) is 7.05. The van der Waals surface area contributed by atoms with Gasteiger partial charge < -0.3 is 9.88 Å². The zero-order valence-electron chi connectivity index (χ0n) is 11.1. The van der Waals surface area contributed by atoms with Crippen molar-refractivity contribution in [2.45, 2.75) is 13.1 Å². The molecular formula is C16H16ClN3. The van der Waals surface area contributed by atoms with Crippen LogP contribution in [0.4, 0.5) is 0 Å². The lowest BCUT2D eigenvalue weighted by atomic mass is 10.2. The Labute approximate surface area is 123 Å². The number of para-hydroxylation sites is 1. The topological polar surface area (TPSA) is 29.9 Å². The van der Waals surface area contributed by atoms with E-state index in [-0.39, 0.29) is 0 Å². The zero-order valence-corrected chi connectivity index (χ0v) is 11.8. The van der Waals surface area contributed by atoms with Crippen LogP contribution in [0.1, 0.15) is 5.56 Å². The summed E-state index contributed by atoms with van der Waals surface area (Å²) in [5, 5.41) is 5.41. The highest BCUT2D eigenvalue weighted by molar-refractivity contribution is 6.35. The van der Waals surface area contributed by atoms with Crippen molar-refractivity contribution in [2.24, 2.45) is 0 Å². The summed E-state index contributed by atoms with van der Waals surface area (Å²) in [6.07, 6.45) is 5.76. The number of benzene rings is 1. The van der Waals surface area contributed by atoms with Crippen molar-refractivity contribution in [3.63, 3.8) is 0 Å². The van der Waals surface area contributed by atoms with Crippen LogP contribution in [0.5, 0.6) is 0 Å². The normalized spacial score (nSPS) is 11.1. The minimum absolute atomic E-state index is 0.805. The van der Waals surface area contributed by atoms with Crippen LogP contribution in [0, 0.1) is 0 Å². The van der Waals surface area contributed by atoms with Gasteiger partial charge in [0.15, 0.2) is 0 Å². The van der Waals surface area contributed by atoms with Gasteiger partial charge in [-0.1, -0.05) is 29.8 Å². The van der Waals surface area contributed by atoms with Crippen molar-refractivity contribution in [1.82, 2.24) is 14.9 Å². The van der Waals surface area contributed by atoms with Crippen molar-refractivity contribution in [1.29, 1.82) is 0 Å². The van der Waals surface area contributed by atoms with Crippen molar-refractivity contribution in [3.05, 3.63) is 65.6 Å². The highest BCUT2D eigenvalue weighted by Crippen LogP contribution is 2.24. The number of rotatable bonds is 5. The summed E-state index contributed by atoms with van der Waals surface area (Å²) >= 11 is 6.26. The molecule has 0 unspecified atom stereocenters. The van der Waals surface area contributed by atoms with Crippen LogP contribution in [-0.2, 0) is 13.1 Å². The van der Waals surface area contributed by atoms with Crippen molar-refractivity contribution >= 4 is 22.5 Å². The maximum absolute atomic E-state index is 6.26. The summed E-state index contributed by atoms with van der Waals surface area (Å²) < 4.78 is 2.19. The van der Waals surface area contributed by atoms with Crippen LogP contribution >= 0.6 is 11.6 Å². The number of fused-ring (bicyclic) bond motifs is 1.